The highest BCUT2D eigenvalue weighted by Crippen LogP contribution is 2.25. The molecule has 1 N–H and O–H groups in total. The van der Waals surface area contributed by atoms with E-state index in [9.17, 15) is 13.2 Å². The lowest BCUT2D eigenvalue weighted by Crippen LogP contribution is -2.30. The molecule has 0 saturated heterocycles. The minimum atomic E-state index is -3.47. The first-order chi connectivity index (χ1) is 16.4. The van der Waals surface area contributed by atoms with E-state index in [4.69, 9.17) is 4.74 Å². The summed E-state index contributed by atoms with van der Waals surface area (Å²) in [7, 11) is -3.47. The van der Waals surface area contributed by atoms with Crippen molar-refractivity contribution in [1.82, 2.24) is 5.32 Å². The van der Waals surface area contributed by atoms with Crippen molar-refractivity contribution in [3.05, 3.63) is 95.1 Å². The third-order valence-electron chi connectivity index (χ3n) is 5.70. The van der Waals surface area contributed by atoms with Crippen molar-refractivity contribution in [2.24, 2.45) is 0 Å². The van der Waals surface area contributed by atoms with Crippen LogP contribution in [0.15, 0.2) is 72.8 Å². The number of amides is 1. The highest BCUT2D eigenvalue weighted by molar-refractivity contribution is 7.92. The molecule has 0 saturated carbocycles. The Labute approximate surface area is 209 Å². The average molecular weight is 495 g/mol. The average Bonchev–Trinajstić information content (AvgIpc) is 2.80. The molecule has 0 unspecified atom stereocenters. The van der Waals surface area contributed by atoms with Crippen LogP contribution in [0.4, 0.5) is 5.69 Å². The molecule has 0 fully saturated rings. The predicted molar refractivity (Wildman–Crippen MR) is 142 cm³/mol. The fourth-order valence-electron chi connectivity index (χ4n) is 3.64. The summed E-state index contributed by atoms with van der Waals surface area (Å²) in [5.74, 6) is 0.558. The highest BCUT2D eigenvalue weighted by atomic mass is 32.2. The quantitative estimate of drug-likeness (QED) is 0.422. The maximum absolute atomic E-state index is 12.5. The molecule has 6 nitrogen and oxygen atoms in total. The Morgan fingerprint density at radius 3 is 2.14 bits per heavy atom. The lowest BCUT2D eigenvalue weighted by molar-refractivity contribution is 0.0947. The molecule has 1 amide bonds. The number of ether oxygens (including phenoxy) is 1. The van der Waals surface area contributed by atoms with E-state index >= 15 is 0 Å². The van der Waals surface area contributed by atoms with E-state index in [0.717, 1.165) is 16.9 Å². The van der Waals surface area contributed by atoms with Gasteiger partial charge in [-0.3, -0.25) is 9.10 Å². The molecular formula is C28H34N2O4S. The largest absolute Gasteiger partial charge is 0.492 e. The first-order valence-corrected chi connectivity index (χ1v) is 13.4. The summed E-state index contributed by atoms with van der Waals surface area (Å²) in [6.07, 6.45) is 1.20. The lowest BCUT2D eigenvalue weighted by atomic mass is 9.87. The molecular weight excluding hydrogens is 460 g/mol. The van der Waals surface area contributed by atoms with Gasteiger partial charge in [-0.25, -0.2) is 8.42 Å². The normalized spacial score (nSPS) is 11.7. The maximum Gasteiger partial charge on any atom is 0.251 e. The van der Waals surface area contributed by atoms with Crippen molar-refractivity contribution in [2.75, 3.05) is 23.7 Å². The van der Waals surface area contributed by atoms with E-state index < -0.39 is 10.0 Å². The zero-order chi connectivity index (χ0) is 25.6. The second-order valence-corrected chi connectivity index (χ2v) is 11.5. The smallest absolute Gasteiger partial charge is 0.251 e. The van der Waals surface area contributed by atoms with Crippen LogP contribution in [-0.4, -0.2) is 33.7 Å². The zero-order valence-corrected chi connectivity index (χ0v) is 21.9. The summed E-state index contributed by atoms with van der Waals surface area (Å²) in [4.78, 5) is 12.5. The number of hydrogen-bond acceptors (Lipinski definition) is 4. The van der Waals surface area contributed by atoms with Gasteiger partial charge in [-0.05, 0) is 59.4 Å². The Kier molecular flexibility index (Phi) is 8.22. The fourth-order valence-corrected chi connectivity index (χ4v) is 4.58. The summed E-state index contributed by atoms with van der Waals surface area (Å²) in [6.45, 7) is 9.29. The van der Waals surface area contributed by atoms with Crippen LogP contribution in [0.1, 0.15) is 47.8 Å². The number of carbonyl (C=O) groups excluding carboxylic acids is 1. The van der Waals surface area contributed by atoms with Crippen LogP contribution < -0.4 is 14.4 Å². The SMILES string of the molecule is Cc1ccccc1N(Cc1ccc(C(=O)NCCOc2ccc(C(C)(C)C)cc2)cc1)S(C)(=O)=O. The summed E-state index contributed by atoms with van der Waals surface area (Å²) < 4.78 is 32.0. The van der Waals surface area contributed by atoms with Crippen molar-refractivity contribution in [1.29, 1.82) is 0 Å². The van der Waals surface area contributed by atoms with Gasteiger partial charge < -0.3 is 10.1 Å². The standard InChI is InChI=1S/C28H34N2O4S/c1-21-8-6-7-9-26(21)30(35(5,32)33)20-22-10-12-23(13-11-22)27(31)29-18-19-34-25-16-14-24(15-17-25)28(2,3)4/h6-17H,18-20H2,1-5H3,(H,29,31). The Hall–Kier alpha value is -3.32. The van der Waals surface area contributed by atoms with Crippen LogP contribution in [0.5, 0.6) is 5.75 Å². The topological polar surface area (TPSA) is 75.7 Å². The summed E-state index contributed by atoms with van der Waals surface area (Å²) in [5.41, 5.74) is 4.14. The number of benzene rings is 3. The first kappa shape index (κ1) is 26.3. The second kappa shape index (κ2) is 11.0. The Balaban J connectivity index is 1.54. The number of rotatable bonds is 9. The molecule has 0 aliphatic carbocycles. The van der Waals surface area contributed by atoms with Crippen molar-refractivity contribution >= 4 is 21.6 Å². The van der Waals surface area contributed by atoms with Crippen molar-refractivity contribution < 1.29 is 17.9 Å². The third-order valence-corrected chi connectivity index (χ3v) is 6.83. The number of nitrogens with one attached hydrogen (secondary N) is 1. The van der Waals surface area contributed by atoms with Gasteiger partial charge in [0.05, 0.1) is 25.0 Å². The second-order valence-electron chi connectivity index (χ2n) is 9.63. The maximum atomic E-state index is 12.5. The van der Waals surface area contributed by atoms with Crippen molar-refractivity contribution in [3.63, 3.8) is 0 Å². The number of hydrogen-bond donors (Lipinski definition) is 1. The monoisotopic (exact) mass is 494 g/mol. The van der Waals surface area contributed by atoms with Gasteiger partial charge in [-0.2, -0.15) is 0 Å². The number of nitrogens with zero attached hydrogens (tertiary/aromatic N) is 1. The van der Waals surface area contributed by atoms with Crippen LogP contribution in [0.2, 0.25) is 0 Å². The zero-order valence-electron chi connectivity index (χ0n) is 21.0. The van der Waals surface area contributed by atoms with E-state index in [1.807, 2.05) is 37.3 Å². The summed E-state index contributed by atoms with van der Waals surface area (Å²) in [6, 6.07) is 22.3. The Morgan fingerprint density at radius 2 is 1.57 bits per heavy atom. The van der Waals surface area contributed by atoms with Gasteiger partial charge in [-0.15, -0.1) is 0 Å². The molecule has 0 spiro atoms. The van der Waals surface area contributed by atoms with Crippen molar-refractivity contribution in [3.8, 4) is 5.75 Å². The van der Waals surface area contributed by atoms with Gasteiger partial charge in [0.1, 0.15) is 12.4 Å². The van der Waals surface area contributed by atoms with Crippen LogP contribution in [0.3, 0.4) is 0 Å². The van der Waals surface area contributed by atoms with Gasteiger partial charge >= 0.3 is 0 Å². The molecule has 0 aliphatic rings. The molecule has 0 atom stereocenters. The van der Waals surface area contributed by atoms with Gasteiger partial charge in [0.2, 0.25) is 10.0 Å². The molecule has 0 aliphatic heterocycles. The third kappa shape index (κ3) is 7.33. The van der Waals surface area contributed by atoms with Crippen LogP contribution in [0.25, 0.3) is 0 Å². The van der Waals surface area contributed by atoms with Crippen LogP contribution in [-0.2, 0) is 22.0 Å². The number of aryl methyl sites for hydroxylation is 1. The number of para-hydroxylation sites is 1. The van der Waals surface area contributed by atoms with E-state index in [2.05, 4.69) is 38.2 Å². The molecule has 35 heavy (non-hydrogen) atoms. The molecule has 3 aromatic carbocycles. The van der Waals surface area contributed by atoms with Crippen molar-refractivity contribution in [2.45, 2.75) is 39.7 Å². The lowest BCUT2D eigenvalue weighted by Gasteiger charge is -2.24. The molecule has 0 heterocycles. The van der Waals surface area contributed by atoms with E-state index in [1.165, 1.54) is 16.1 Å². The van der Waals surface area contributed by atoms with Gasteiger partial charge in [-0.1, -0.05) is 63.2 Å². The summed E-state index contributed by atoms with van der Waals surface area (Å²) >= 11 is 0. The Morgan fingerprint density at radius 1 is 0.943 bits per heavy atom. The minimum absolute atomic E-state index is 0.0889. The van der Waals surface area contributed by atoms with Gasteiger partial charge in [0.15, 0.2) is 0 Å². The molecule has 186 valence electrons. The van der Waals surface area contributed by atoms with Crippen LogP contribution in [0, 0.1) is 6.92 Å². The fraction of sp³-hybridized carbons (Fsp3) is 0.321. The number of anilines is 1. The van der Waals surface area contributed by atoms with Gasteiger partial charge in [0, 0.05) is 5.56 Å². The summed E-state index contributed by atoms with van der Waals surface area (Å²) in [5, 5.41) is 2.85. The molecule has 0 aromatic heterocycles. The van der Waals surface area contributed by atoms with E-state index in [0.29, 0.717) is 24.4 Å². The molecule has 7 heteroatoms. The van der Waals surface area contributed by atoms with E-state index in [1.54, 1.807) is 30.3 Å². The molecule has 0 bridgehead atoms. The van der Waals surface area contributed by atoms with Crippen LogP contribution >= 0.6 is 0 Å². The van der Waals surface area contributed by atoms with E-state index in [-0.39, 0.29) is 17.9 Å². The molecule has 3 rings (SSSR count). The number of sulfonamides is 1. The first-order valence-electron chi connectivity index (χ1n) is 11.6. The predicted octanol–water partition coefficient (Wildman–Crippen LogP) is 5.07. The Bertz CT molecular complexity index is 1250. The molecule has 3 aromatic rings. The minimum Gasteiger partial charge on any atom is -0.492 e. The highest BCUT2D eigenvalue weighted by Gasteiger charge is 2.19. The molecule has 0 radical (unpaired) electrons. The van der Waals surface area contributed by atoms with Gasteiger partial charge in [0.25, 0.3) is 5.91 Å². The number of carbonyl (C=O) groups is 1.